The Bertz CT molecular complexity index is 476. The summed E-state index contributed by atoms with van der Waals surface area (Å²) in [5, 5.41) is 14.2. The van der Waals surface area contributed by atoms with Crippen molar-refractivity contribution in [2.24, 2.45) is 10.9 Å². The van der Waals surface area contributed by atoms with Crippen molar-refractivity contribution in [1.82, 2.24) is 4.90 Å². The van der Waals surface area contributed by atoms with Gasteiger partial charge in [0.15, 0.2) is 5.84 Å². The van der Waals surface area contributed by atoms with Gasteiger partial charge in [-0.05, 0) is 19.1 Å². The maximum atomic E-state index is 12.0. The molecule has 0 aromatic heterocycles. The number of amidine groups is 1. The van der Waals surface area contributed by atoms with E-state index in [1.54, 1.807) is 45.3 Å². The Morgan fingerprint density at radius 1 is 1.58 bits per heavy atom. The third kappa shape index (κ3) is 3.77. The lowest BCUT2D eigenvalue weighted by Gasteiger charge is -2.24. The third-order valence-corrected chi connectivity index (χ3v) is 2.77. The van der Waals surface area contributed by atoms with Gasteiger partial charge >= 0.3 is 6.03 Å². The van der Waals surface area contributed by atoms with E-state index in [4.69, 9.17) is 15.7 Å². The molecular weight excluding hydrogens is 248 g/mol. The average Bonchev–Trinajstić information content (AvgIpc) is 2.44. The van der Waals surface area contributed by atoms with Crippen LogP contribution in [0.4, 0.5) is 10.5 Å². The van der Waals surface area contributed by atoms with E-state index < -0.39 is 6.04 Å². The highest BCUT2D eigenvalue weighted by Crippen LogP contribution is 2.17. The summed E-state index contributed by atoms with van der Waals surface area (Å²) < 4.78 is 5.06. The fraction of sp³-hybridized carbons (Fsp3) is 0.333. The zero-order valence-corrected chi connectivity index (χ0v) is 11.1. The van der Waals surface area contributed by atoms with Crippen LogP contribution in [0.3, 0.4) is 0 Å². The summed E-state index contributed by atoms with van der Waals surface area (Å²) in [4.78, 5) is 13.3. The molecular formula is C12H18N4O3. The van der Waals surface area contributed by atoms with Crippen molar-refractivity contribution >= 4 is 17.6 Å². The quantitative estimate of drug-likeness (QED) is 0.331. The SMILES string of the molecule is COc1cccc(NC(=O)N(C)C(C)C(N)=NO)c1. The minimum Gasteiger partial charge on any atom is -0.497 e. The first-order valence-corrected chi connectivity index (χ1v) is 5.65. The van der Waals surface area contributed by atoms with Crippen LogP contribution in [-0.4, -0.2) is 42.2 Å². The number of ether oxygens (including phenoxy) is 1. The number of urea groups is 1. The van der Waals surface area contributed by atoms with Gasteiger partial charge in [-0.15, -0.1) is 0 Å². The van der Waals surface area contributed by atoms with Gasteiger partial charge in [0.25, 0.3) is 0 Å². The highest BCUT2D eigenvalue weighted by atomic mass is 16.5. The fourth-order valence-corrected chi connectivity index (χ4v) is 1.37. The summed E-state index contributed by atoms with van der Waals surface area (Å²) in [6.07, 6.45) is 0. The molecule has 1 aromatic rings. The Morgan fingerprint density at radius 2 is 2.26 bits per heavy atom. The minimum atomic E-state index is -0.518. The molecule has 0 saturated carbocycles. The van der Waals surface area contributed by atoms with E-state index in [2.05, 4.69) is 10.5 Å². The Kier molecular flexibility index (Phi) is 4.99. The lowest BCUT2D eigenvalue weighted by molar-refractivity contribution is 0.217. The number of benzene rings is 1. The molecule has 104 valence electrons. The summed E-state index contributed by atoms with van der Waals surface area (Å²) in [5.74, 6) is 0.605. The molecule has 0 heterocycles. The van der Waals surface area contributed by atoms with Crippen molar-refractivity contribution in [3.05, 3.63) is 24.3 Å². The van der Waals surface area contributed by atoms with Crippen molar-refractivity contribution in [3.8, 4) is 5.75 Å². The minimum absolute atomic E-state index is 0.0386. The molecule has 1 aromatic carbocycles. The highest BCUT2D eigenvalue weighted by Gasteiger charge is 2.19. The van der Waals surface area contributed by atoms with Crippen LogP contribution in [0.25, 0.3) is 0 Å². The van der Waals surface area contributed by atoms with Crippen LogP contribution in [0.5, 0.6) is 5.75 Å². The molecule has 0 aliphatic carbocycles. The maximum absolute atomic E-state index is 12.0. The number of likely N-dealkylation sites (N-methyl/N-ethyl adjacent to an activating group) is 1. The predicted molar refractivity (Wildman–Crippen MR) is 72.6 cm³/mol. The number of carbonyl (C=O) groups excluding carboxylic acids is 1. The zero-order valence-electron chi connectivity index (χ0n) is 11.1. The van der Waals surface area contributed by atoms with Crippen LogP contribution in [-0.2, 0) is 0 Å². The molecule has 7 nitrogen and oxygen atoms in total. The van der Waals surface area contributed by atoms with E-state index in [0.29, 0.717) is 11.4 Å². The molecule has 19 heavy (non-hydrogen) atoms. The fourth-order valence-electron chi connectivity index (χ4n) is 1.37. The van der Waals surface area contributed by atoms with Crippen molar-refractivity contribution < 1.29 is 14.7 Å². The van der Waals surface area contributed by atoms with Crippen LogP contribution in [0.1, 0.15) is 6.92 Å². The Morgan fingerprint density at radius 3 is 2.84 bits per heavy atom. The average molecular weight is 266 g/mol. The predicted octanol–water partition coefficient (Wildman–Crippen LogP) is 1.29. The van der Waals surface area contributed by atoms with E-state index in [-0.39, 0.29) is 11.9 Å². The molecule has 1 unspecified atom stereocenters. The summed E-state index contributed by atoms with van der Waals surface area (Å²) in [5.41, 5.74) is 6.05. The largest absolute Gasteiger partial charge is 0.497 e. The Labute approximate surface area is 111 Å². The number of methoxy groups -OCH3 is 1. The molecule has 0 fully saturated rings. The summed E-state index contributed by atoms with van der Waals surface area (Å²) in [7, 11) is 3.10. The van der Waals surface area contributed by atoms with Gasteiger partial charge in [0.1, 0.15) is 5.75 Å². The molecule has 0 radical (unpaired) electrons. The number of hydrogen-bond donors (Lipinski definition) is 3. The molecule has 4 N–H and O–H groups in total. The van der Waals surface area contributed by atoms with Crippen LogP contribution < -0.4 is 15.8 Å². The first-order chi connectivity index (χ1) is 8.99. The van der Waals surface area contributed by atoms with Gasteiger partial charge in [0, 0.05) is 18.8 Å². The molecule has 0 spiro atoms. The van der Waals surface area contributed by atoms with Gasteiger partial charge in [-0.3, -0.25) is 0 Å². The number of hydrogen-bond acceptors (Lipinski definition) is 4. The first kappa shape index (κ1) is 14.6. The zero-order chi connectivity index (χ0) is 14.4. The topological polar surface area (TPSA) is 100 Å². The summed E-state index contributed by atoms with van der Waals surface area (Å²) in [6, 6.07) is 6.09. The molecule has 0 saturated heterocycles. The number of carbonyl (C=O) groups is 1. The van der Waals surface area contributed by atoms with Crippen molar-refractivity contribution in [3.63, 3.8) is 0 Å². The Balaban J connectivity index is 2.73. The smallest absolute Gasteiger partial charge is 0.322 e. The van der Waals surface area contributed by atoms with Crippen molar-refractivity contribution in [1.29, 1.82) is 0 Å². The number of nitrogens with one attached hydrogen (secondary N) is 1. The monoisotopic (exact) mass is 266 g/mol. The van der Waals surface area contributed by atoms with E-state index in [0.717, 1.165) is 0 Å². The lowest BCUT2D eigenvalue weighted by Crippen LogP contribution is -2.45. The second kappa shape index (κ2) is 6.48. The second-order valence-corrected chi connectivity index (χ2v) is 3.97. The normalized spacial score (nSPS) is 12.7. The van der Waals surface area contributed by atoms with E-state index in [1.807, 2.05) is 0 Å². The number of oxime groups is 1. The standard InChI is InChI=1S/C12H18N4O3/c1-8(11(13)15-18)16(2)12(17)14-9-5-4-6-10(7-9)19-3/h4-8,18H,1-3H3,(H2,13,15)(H,14,17). The number of amides is 2. The molecule has 7 heteroatoms. The molecule has 0 aliphatic heterocycles. The van der Waals surface area contributed by atoms with Crippen LogP contribution in [0, 0.1) is 0 Å². The molecule has 1 rings (SSSR count). The van der Waals surface area contributed by atoms with Crippen LogP contribution in [0.15, 0.2) is 29.4 Å². The molecule has 0 aliphatic rings. The maximum Gasteiger partial charge on any atom is 0.322 e. The number of nitrogens with zero attached hydrogens (tertiary/aromatic N) is 2. The second-order valence-electron chi connectivity index (χ2n) is 3.97. The van der Waals surface area contributed by atoms with Gasteiger partial charge < -0.3 is 25.9 Å². The molecule has 0 bridgehead atoms. The van der Waals surface area contributed by atoms with Crippen molar-refractivity contribution in [2.75, 3.05) is 19.5 Å². The van der Waals surface area contributed by atoms with E-state index in [1.165, 1.54) is 4.90 Å². The number of rotatable bonds is 4. The summed E-state index contributed by atoms with van der Waals surface area (Å²) in [6.45, 7) is 1.65. The van der Waals surface area contributed by atoms with Gasteiger partial charge in [0.2, 0.25) is 0 Å². The highest BCUT2D eigenvalue weighted by molar-refractivity contribution is 5.94. The van der Waals surface area contributed by atoms with Crippen LogP contribution in [0.2, 0.25) is 0 Å². The summed E-state index contributed by atoms with van der Waals surface area (Å²) >= 11 is 0. The van der Waals surface area contributed by atoms with E-state index >= 15 is 0 Å². The molecule has 1 atom stereocenters. The van der Waals surface area contributed by atoms with Gasteiger partial charge in [-0.25, -0.2) is 4.79 Å². The van der Waals surface area contributed by atoms with Gasteiger partial charge in [-0.2, -0.15) is 0 Å². The first-order valence-electron chi connectivity index (χ1n) is 5.65. The number of nitrogens with two attached hydrogens (primary N) is 1. The van der Waals surface area contributed by atoms with Crippen molar-refractivity contribution in [2.45, 2.75) is 13.0 Å². The van der Waals surface area contributed by atoms with Gasteiger partial charge in [0.05, 0.1) is 13.2 Å². The Hall–Kier alpha value is -2.44. The number of anilines is 1. The molecule has 2 amide bonds. The third-order valence-electron chi connectivity index (χ3n) is 2.77. The van der Waals surface area contributed by atoms with Gasteiger partial charge in [-0.1, -0.05) is 11.2 Å². The van der Waals surface area contributed by atoms with Crippen LogP contribution >= 0.6 is 0 Å². The lowest BCUT2D eigenvalue weighted by atomic mass is 10.3. The van der Waals surface area contributed by atoms with E-state index in [9.17, 15) is 4.79 Å².